The molecule has 7 heteroatoms. The van der Waals surface area contributed by atoms with E-state index in [4.69, 9.17) is 5.73 Å². The highest BCUT2D eigenvalue weighted by atomic mass is 32.1. The van der Waals surface area contributed by atoms with E-state index < -0.39 is 0 Å². The summed E-state index contributed by atoms with van der Waals surface area (Å²) in [6.07, 6.45) is 2.18. The van der Waals surface area contributed by atoms with Crippen LogP contribution in [0.2, 0.25) is 0 Å². The monoisotopic (exact) mass is 291 g/mol. The quantitative estimate of drug-likeness (QED) is 0.873. The molecule has 3 N–H and O–H groups in total. The normalized spacial score (nSPS) is 10.8. The van der Waals surface area contributed by atoms with Crippen LogP contribution in [0.5, 0.6) is 0 Å². The molecule has 6 nitrogen and oxygen atoms in total. The van der Waals surface area contributed by atoms with Gasteiger partial charge in [-0.2, -0.15) is 0 Å². The van der Waals surface area contributed by atoms with E-state index in [1.54, 1.807) is 5.51 Å². The van der Waals surface area contributed by atoms with Crippen LogP contribution in [0.3, 0.4) is 0 Å². The lowest BCUT2D eigenvalue weighted by Gasteiger charge is -2.09. The minimum Gasteiger partial charge on any atom is -0.396 e. The van der Waals surface area contributed by atoms with Gasteiger partial charge in [0, 0.05) is 24.3 Å². The molecule has 106 valence electrons. The Labute approximate surface area is 121 Å². The molecule has 0 aromatic carbocycles. The van der Waals surface area contributed by atoms with Gasteiger partial charge < -0.3 is 11.1 Å². The summed E-state index contributed by atoms with van der Waals surface area (Å²) in [5, 5.41) is 4.76. The van der Waals surface area contributed by atoms with Crippen molar-refractivity contribution in [2.24, 2.45) is 0 Å². The molecule has 0 spiro atoms. The lowest BCUT2D eigenvalue weighted by atomic mass is 10.2. The number of nitrogens with zero attached hydrogens (tertiary/aromatic N) is 3. The Morgan fingerprint density at radius 2 is 2.25 bits per heavy atom. The van der Waals surface area contributed by atoms with Crippen molar-refractivity contribution < 1.29 is 4.79 Å². The first kappa shape index (κ1) is 14.4. The number of nitrogens with one attached hydrogen (secondary N) is 1. The first-order chi connectivity index (χ1) is 9.58. The summed E-state index contributed by atoms with van der Waals surface area (Å²) in [5.74, 6) is 0.489. The minimum atomic E-state index is -0.276. The van der Waals surface area contributed by atoms with Crippen molar-refractivity contribution in [1.82, 2.24) is 20.3 Å². The summed E-state index contributed by atoms with van der Waals surface area (Å²) < 4.78 is 0. The summed E-state index contributed by atoms with van der Waals surface area (Å²) in [6, 6.07) is 0. The second-order valence-electron chi connectivity index (χ2n) is 4.67. The summed E-state index contributed by atoms with van der Waals surface area (Å²) >= 11 is 1.54. The van der Waals surface area contributed by atoms with E-state index in [1.165, 1.54) is 17.5 Å². The number of hydrogen-bond donors (Lipinski definition) is 2. The molecule has 2 aromatic rings. The Morgan fingerprint density at radius 1 is 1.45 bits per heavy atom. The van der Waals surface area contributed by atoms with Crippen molar-refractivity contribution in [3.63, 3.8) is 0 Å². The van der Waals surface area contributed by atoms with Crippen molar-refractivity contribution in [3.05, 3.63) is 34.3 Å². The number of hydrogen-bond acceptors (Lipinski definition) is 6. The highest BCUT2D eigenvalue weighted by Gasteiger charge is 2.14. The Balaban J connectivity index is 1.99. The Morgan fingerprint density at radius 3 is 2.90 bits per heavy atom. The van der Waals surface area contributed by atoms with Gasteiger partial charge in [-0.3, -0.25) is 4.79 Å². The first-order valence-corrected chi connectivity index (χ1v) is 7.30. The molecule has 0 aliphatic rings. The van der Waals surface area contributed by atoms with Crippen LogP contribution in [-0.2, 0) is 6.42 Å². The number of anilines is 1. The van der Waals surface area contributed by atoms with Crippen LogP contribution in [0.1, 0.15) is 41.8 Å². The average molecular weight is 291 g/mol. The summed E-state index contributed by atoms with van der Waals surface area (Å²) in [6.45, 7) is 4.44. The first-order valence-electron chi connectivity index (χ1n) is 6.35. The zero-order valence-electron chi connectivity index (χ0n) is 11.5. The molecule has 2 aromatic heterocycles. The topological polar surface area (TPSA) is 93.8 Å². The van der Waals surface area contributed by atoms with Gasteiger partial charge >= 0.3 is 0 Å². The molecule has 0 radical (unpaired) electrons. The van der Waals surface area contributed by atoms with E-state index in [-0.39, 0.29) is 17.5 Å². The summed E-state index contributed by atoms with van der Waals surface area (Å²) in [7, 11) is 0. The van der Waals surface area contributed by atoms with Crippen LogP contribution in [0.25, 0.3) is 0 Å². The molecule has 0 saturated heterocycles. The number of nitrogens with two attached hydrogens (primary N) is 1. The van der Waals surface area contributed by atoms with Gasteiger partial charge in [-0.15, -0.1) is 11.3 Å². The van der Waals surface area contributed by atoms with Gasteiger partial charge in [0.2, 0.25) is 0 Å². The van der Waals surface area contributed by atoms with Crippen LogP contribution in [0, 0.1) is 0 Å². The van der Waals surface area contributed by atoms with Crippen LogP contribution in [0.15, 0.2) is 17.1 Å². The highest BCUT2D eigenvalue weighted by Crippen LogP contribution is 2.13. The van der Waals surface area contributed by atoms with Gasteiger partial charge in [0.15, 0.2) is 5.69 Å². The van der Waals surface area contributed by atoms with Crippen LogP contribution < -0.4 is 11.1 Å². The SMILES string of the molecule is CC(C)c1ncc(N)c(C(=O)NCCc2cscn2)n1. The lowest BCUT2D eigenvalue weighted by Crippen LogP contribution is -2.28. The predicted octanol–water partition coefficient (Wildman–Crippen LogP) is 1.61. The maximum Gasteiger partial charge on any atom is 0.272 e. The lowest BCUT2D eigenvalue weighted by molar-refractivity contribution is 0.0949. The van der Waals surface area contributed by atoms with E-state index in [2.05, 4.69) is 20.3 Å². The standard InChI is InChI=1S/C13H17N5OS/c1-8(2)12-16-5-10(14)11(18-12)13(19)15-4-3-9-6-20-7-17-9/h5-8H,3-4,14H2,1-2H3,(H,15,19). The largest absolute Gasteiger partial charge is 0.396 e. The second kappa shape index (κ2) is 6.42. The molecule has 1 amide bonds. The van der Waals surface area contributed by atoms with Crippen molar-refractivity contribution in [2.45, 2.75) is 26.2 Å². The zero-order valence-corrected chi connectivity index (χ0v) is 12.3. The molecule has 0 fully saturated rings. The molecule has 0 bridgehead atoms. The Kier molecular flexibility index (Phi) is 4.62. The van der Waals surface area contributed by atoms with E-state index in [0.29, 0.717) is 24.5 Å². The molecule has 0 unspecified atom stereocenters. The second-order valence-corrected chi connectivity index (χ2v) is 5.39. The number of thiazole rings is 1. The molecular formula is C13H17N5OS. The molecule has 2 rings (SSSR count). The maximum absolute atomic E-state index is 12.1. The van der Waals surface area contributed by atoms with Gasteiger partial charge in [0.25, 0.3) is 5.91 Å². The number of nitrogen functional groups attached to an aromatic ring is 1. The number of amides is 1. The smallest absolute Gasteiger partial charge is 0.272 e. The van der Waals surface area contributed by atoms with Crippen molar-refractivity contribution in [2.75, 3.05) is 12.3 Å². The van der Waals surface area contributed by atoms with Gasteiger partial charge in [-0.05, 0) is 0 Å². The summed E-state index contributed by atoms with van der Waals surface area (Å²) in [5.41, 5.74) is 9.03. The molecule has 0 atom stereocenters. The molecule has 0 saturated carbocycles. The fraction of sp³-hybridized carbons (Fsp3) is 0.385. The van der Waals surface area contributed by atoms with E-state index in [1.807, 2.05) is 19.2 Å². The number of carbonyl (C=O) groups excluding carboxylic acids is 1. The molecule has 0 aliphatic carbocycles. The van der Waals surface area contributed by atoms with Crippen molar-refractivity contribution >= 4 is 22.9 Å². The fourth-order valence-corrected chi connectivity index (χ4v) is 2.21. The van der Waals surface area contributed by atoms with Crippen LogP contribution in [-0.4, -0.2) is 27.4 Å². The summed E-state index contributed by atoms with van der Waals surface area (Å²) in [4.78, 5) is 24.6. The van der Waals surface area contributed by atoms with Gasteiger partial charge in [-0.25, -0.2) is 15.0 Å². The Hall–Kier alpha value is -2.02. The third-order valence-electron chi connectivity index (χ3n) is 2.72. The van der Waals surface area contributed by atoms with Gasteiger partial charge in [-0.1, -0.05) is 13.8 Å². The molecule has 2 heterocycles. The number of aromatic nitrogens is 3. The molecular weight excluding hydrogens is 274 g/mol. The third-order valence-corrected chi connectivity index (χ3v) is 3.35. The molecule has 20 heavy (non-hydrogen) atoms. The zero-order chi connectivity index (χ0) is 14.5. The number of rotatable bonds is 5. The minimum absolute atomic E-state index is 0.150. The highest BCUT2D eigenvalue weighted by molar-refractivity contribution is 7.07. The third kappa shape index (κ3) is 3.51. The Bertz CT molecular complexity index is 582. The predicted molar refractivity (Wildman–Crippen MR) is 78.7 cm³/mol. The molecule has 0 aliphatic heterocycles. The van der Waals surface area contributed by atoms with Crippen LogP contribution >= 0.6 is 11.3 Å². The fourth-order valence-electron chi connectivity index (χ4n) is 1.61. The maximum atomic E-state index is 12.1. The van der Waals surface area contributed by atoms with Crippen LogP contribution in [0.4, 0.5) is 5.69 Å². The van der Waals surface area contributed by atoms with E-state index in [0.717, 1.165) is 5.69 Å². The van der Waals surface area contributed by atoms with Gasteiger partial charge in [0.05, 0.1) is 23.1 Å². The average Bonchev–Trinajstić information content (AvgIpc) is 2.92. The van der Waals surface area contributed by atoms with E-state index in [9.17, 15) is 4.79 Å². The van der Waals surface area contributed by atoms with Crippen molar-refractivity contribution in [1.29, 1.82) is 0 Å². The van der Waals surface area contributed by atoms with Crippen molar-refractivity contribution in [3.8, 4) is 0 Å². The van der Waals surface area contributed by atoms with Gasteiger partial charge in [0.1, 0.15) is 5.82 Å². The number of carbonyl (C=O) groups is 1. The van der Waals surface area contributed by atoms with E-state index >= 15 is 0 Å².